The van der Waals surface area contributed by atoms with Crippen LogP contribution in [0.15, 0.2) is 54.6 Å². The van der Waals surface area contributed by atoms with Gasteiger partial charge in [-0.3, -0.25) is 9.59 Å². The van der Waals surface area contributed by atoms with E-state index in [-0.39, 0.29) is 24.0 Å². The van der Waals surface area contributed by atoms with Gasteiger partial charge in [-0.15, -0.1) is 0 Å². The lowest BCUT2D eigenvalue weighted by molar-refractivity contribution is -0.137. The number of carbonyl (C=O) groups excluding carboxylic acids is 1. The quantitative estimate of drug-likeness (QED) is 0.424. The fourth-order valence-corrected chi connectivity index (χ4v) is 3.61. The molecule has 0 aliphatic heterocycles. The number of aliphatic carboxylic acids is 1. The monoisotopic (exact) mass is 386 g/mol. The largest absolute Gasteiger partial charge is 0.481 e. The molecular weight excluding hydrogens is 356 g/mol. The molecule has 1 unspecified atom stereocenters. The van der Waals surface area contributed by atoms with Crippen molar-refractivity contribution >= 4 is 11.8 Å². The second-order valence-electron chi connectivity index (χ2n) is 7.39. The molecule has 3 N–H and O–H groups in total. The third kappa shape index (κ3) is 7.41. The molecule has 0 heterocycles. The first-order valence-corrected chi connectivity index (χ1v) is 9.95. The number of ketones is 1. The van der Waals surface area contributed by atoms with Crippen molar-refractivity contribution in [2.75, 3.05) is 0 Å². The van der Waals surface area contributed by atoms with Crippen LogP contribution in [0.1, 0.15) is 44.1 Å². The first-order chi connectivity index (χ1) is 13.5. The second-order valence-corrected chi connectivity index (χ2v) is 7.39. The molecule has 0 saturated heterocycles. The van der Waals surface area contributed by atoms with Crippen LogP contribution in [-0.2, 0) is 16.0 Å². The predicted octanol–water partition coefficient (Wildman–Crippen LogP) is 3.30. The van der Waals surface area contributed by atoms with Gasteiger partial charge < -0.3 is 15.3 Å². The number of Topliss-reactive ketones (excluding diaryl/α,β-unsaturated/α-hetero) is 1. The first kappa shape index (κ1) is 22.1. The van der Waals surface area contributed by atoms with Gasteiger partial charge in [-0.25, -0.2) is 0 Å². The lowest BCUT2D eigenvalue weighted by atomic mass is 9.74. The Morgan fingerprint density at radius 3 is 2.68 bits per heavy atom. The van der Waals surface area contributed by atoms with Crippen molar-refractivity contribution < 1.29 is 24.9 Å². The zero-order chi connectivity index (χ0) is 20.4. The molecule has 0 radical (unpaired) electrons. The summed E-state index contributed by atoms with van der Waals surface area (Å²) in [6.45, 7) is 0. The summed E-state index contributed by atoms with van der Waals surface area (Å²) in [6, 6.07) is 9.68. The highest BCUT2D eigenvalue weighted by atomic mass is 16.4. The van der Waals surface area contributed by atoms with Crippen molar-refractivity contribution in [3.8, 4) is 0 Å². The molecule has 0 amide bonds. The number of carboxylic acid groups (broad SMARTS) is 1. The van der Waals surface area contributed by atoms with Crippen LogP contribution in [0, 0.1) is 11.8 Å². The van der Waals surface area contributed by atoms with E-state index in [0.29, 0.717) is 38.5 Å². The molecule has 2 rings (SSSR count). The van der Waals surface area contributed by atoms with Gasteiger partial charge in [0.05, 0.1) is 12.2 Å². The minimum absolute atomic E-state index is 0.132. The molecule has 1 fully saturated rings. The van der Waals surface area contributed by atoms with E-state index in [0.717, 1.165) is 5.56 Å². The van der Waals surface area contributed by atoms with E-state index in [1.807, 2.05) is 42.5 Å². The molecule has 4 atom stereocenters. The van der Waals surface area contributed by atoms with Gasteiger partial charge in [-0.1, -0.05) is 54.6 Å². The Kier molecular flexibility index (Phi) is 9.11. The summed E-state index contributed by atoms with van der Waals surface area (Å²) in [7, 11) is 0. The average molecular weight is 386 g/mol. The Hall–Kier alpha value is -2.24. The van der Waals surface area contributed by atoms with E-state index in [4.69, 9.17) is 5.11 Å². The topological polar surface area (TPSA) is 94.8 Å². The Morgan fingerprint density at radius 1 is 1.21 bits per heavy atom. The molecule has 5 heteroatoms. The van der Waals surface area contributed by atoms with Crippen LogP contribution < -0.4 is 0 Å². The molecule has 1 aromatic carbocycles. The van der Waals surface area contributed by atoms with Gasteiger partial charge in [0.25, 0.3) is 0 Å². The number of carboxylic acids is 1. The minimum Gasteiger partial charge on any atom is -0.481 e. The maximum atomic E-state index is 12.4. The maximum Gasteiger partial charge on any atom is 0.303 e. The van der Waals surface area contributed by atoms with Crippen LogP contribution in [-0.4, -0.2) is 39.3 Å². The van der Waals surface area contributed by atoms with Gasteiger partial charge in [0.1, 0.15) is 5.78 Å². The summed E-state index contributed by atoms with van der Waals surface area (Å²) in [4.78, 5) is 22.9. The normalized spacial score (nSPS) is 24.1. The SMILES string of the molecule is O=C(O)CCC/C=C\C[C@H]1C(=O)CC[C@@H](O)[C@@H]1/C=C/C(O)Cc1ccccc1. The van der Waals surface area contributed by atoms with Gasteiger partial charge in [-0.2, -0.15) is 0 Å². The van der Waals surface area contributed by atoms with Crippen LogP contribution in [0.3, 0.4) is 0 Å². The number of aliphatic hydroxyl groups is 2. The molecule has 1 aliphatic carbocycles. The Labute approximate surface area is 166 Å². The molecule has 1 saturated carbocycles. The molecule has 152 valence electrons. The lowest BCUT2D eigenvalue weighted by Crippen LogP contribution is -2.37. The van der Waals surface area contributed by atoms with Crippen LogP contribution >= 0.6 is 0 Å². The van der Waals surface area contributed by atoms with Crippen LogP contribution in [0.25, 0.3) is 0 Å². The standard InChI is InChI=1S/C23H30O5/c24-18(16-17-8-4-3-5-9-17)12-13-20-19(21(25)14-15-22(20)26)10-6-1-2-7-11-23(27)28/h1,3-6,8-9,12-13,18-20,22,24,26H,2,7,10-11,14-16H2,(H,27,28)/b6-1-,13-12+/t18?,19-,20-,22-/m1/s1. The van der Waals surface area contributed by atoms with Gasteiger partial charge >= 0.3 is 5.97 Å². The van der Waals surface area contributed by atoms with E-state index < -0.39 is 18.2 Å². The Balaban J connectivity index is 1.92. The van der Waals surface area contributed by atoms with E-state index in [1.165, 1.54) is 0 Å². The zero-order valence-electron chi connectivity index (χ0n) is 16.1. The highest BCUT2D eigenvalue weighted by molar-refractivity contribution is 5.82. The summed E-state index contributed by atoms with van der Waals surface area (Å²) in [5.74, 6) is -1.29. The molecular formula is C23H30O5. The summed E-state index contributed by atoms with van der Waals surface area (Å²) < 4.78 is 0. The number of rotatable bonds is 10. The third-order valence-electron chi connectivity index (χ3n) is 5.17. The van der Waals surface area contributed by atoms with Gasteiger partial charge in [0.15, 0.2) is 0 Å². The zero-order valence-corrected chi connectivity index (χ0v) is 16.1. The van der Waals surface area contributed by atoms with Crippen molar-refractivity contribution in [2.45, 2.75) is 57.2 Å². The smallest absolute Gasteiger partial charge is 0.303 e. The average Bonchev–Trinajstić information content (AvgIpc) is 2.67. The van der Waals surface area contributed by atoms with Crippen molar-refractivity contribution in [3.05, 3.63) is 60.2 Å². The summed E-state index contributed by atoms with van der Waals surface area (Å²) in [5, 5.41) is 29.3. The molecule has 1 aliphatic rings. The highest BCUT2D eigenvalue weighted by Crippen LogP contribution is 2.32. The summed E-state index contributed by atoms with van der Waals surface area (Å²) in [6.07, 6.45) is 9.21. The fourth-order valence-electron chi connectivity index (χ4n) is 3.61. The van der Waals surface area contributed by atoms with E-state index in [9.17, 15) is 19.8 Å². The Morgan fingerprint density at radius 2 is 1.96 bits per heavy atom. The molecule has 28 heavy (non-hydrogen) atoms. The Bertz CT molecular complexity index is 679. The number of hydrogen-bond donors (Lipinski definition) is 3. The van der Waals surface area contributed by atoms with Gasteiger partial charge in [0, 0.05) is 31.1 Å². The van der Waals surface area contributed by atoms with Crippen LogP contribution in [0.4, 0.5) is 0 Å². The molecule has 5 nitrogen and oxygen atoms in total. The second kappa shape index (κ2) is 11.6. The van der Waals surface area contributed by atoms with Crippen LogP contribution in [0.2, 0.25) is 0 Å². The number of hydrogen-bond acceptors (Lipinski definition) is 4. The fraction of sp³-hybridized carbons (Fsp3) is 0.478. The van der Waals surface area contributed by atoms with Crippen molar-refractivity contribution in [2.24, 2.45) is 11.8 Å². The van der Waals surface area contributed by atoms with Crippen molar-refractivity contribution in [1.82, 2.24) is 0 Å². The van der Waals surface area contributed by atoms with E-state index in [2.05, 4.69) is 0 Å². The number of aliphatic hydroxyl groups excluding tert-OH is 2. The molecule has 0 aromatic heterocycles. The third-order valence-corrected chi connectivity index (χ3v) is 5.17. The van der Waals surface area contributed by atoms with Crippen LogP contribution in [0.5, 0.6) is 0 Å². The minimum atomic E-state index is -0.807. The molecule has 1 aromatic rings. The molecule has 0 spiro atoms. The van der Waals surface area contributed by atoms with E-state index in [1.54, 1.807) is 12.2 Å². The maximum absolute atomic E-state index is 12.4. The summed E-state index contributed by atoms with van der Waals surface area (Å²) in [5.41, 5.74) is 1.03. The number of carbonyl (C=O) groups is 2. The van der Waals surface area contributed by atoms with Crippen molar-refractivity contribution in [1.29, 1.82) is 0 Å². The number of allylic oxidation sites excluding steroid dienone is 2. The van der Waals surface area contributed by atoms with E-state index >= 15 is 0 Å². The number of unbranched alkanes of at least 4 members (excludes halogenated alkanes) is 1. The molecule has 0 bridgehead atoms. The first-order valence-electron chi connectivity index (χ1n) is 9.95. The summed E-state index contributed by atoms with van der Waals surface area (Å²) >= 11 is 0. The predicted molar refractivity (Wildman–Crippen MR) is 108 cm³/mol. The van der Waals surface area contributed by atoms with Crippen molar-refractivity contribution in [3.63, 3.8) is 0 Å². The lowest BCUT2D eigenvalue weighted by Gasteiger charge is -2.32. The van der Waals surface area contributed by atoms with Gasteiger partial charge in [-0.05, 0) is 31.2 Å². The highest BCUT2D eigenvalue weighted by Gasteiger charge is 2.35. The number of benzene rings is 1. The van der Waals surface area contributed by atoms with Gasteiger partial charge in [0.2, 0.25) is 0 Å².